The average molecular weight is 463 g/mol. The molecule has 3 aromatic rings. The standard InChI is InChI=1S/C27H31FN4O2/c28-19-11-9-18(10-12-19)15-31-22-13-20(14-23(31)17-34-16-22)29-27(33)26-24-7-3-4-8-25(24)32(30-26)21-5-1-2-6-21/h3-4,7-12,20-23H,1-2,5-6,13-17H2,(H,29,33). The highest BCUT2D eigenvalue weighted by Crippen LogP contribution is 2.33. The van der Waals surface area contributed by atoms with Gasteiger partial charge in [-0.1, -0.05) is 43.2 Å². The highest BCUT2D eigenvalue weighted by atomic mass is 19.1. The van der Waals surface area contributed by atoms with Gasteiger partial charge in [-0.3, -0.25) is 14.4 Å². The van der Waals surface area contributed by atoms with Crippen LogP contribution in [0.2, 0.25) is 0 Å². The Kier molecular flexibility index (Phi) is 5.83. The molecule has 2 bridgehead atoms. The summed E-state index contributed by atoms with van der Waals surface area (Å²) in [5, 5.41) is 9.07. The minimum Gasteiger partial charge on any atom is -0.378 e. The molecule has 2 saturated heterocycles. The van der Waals surface area contributed by atoms with Crippen LogP contribution in [0.1, 0.15) is 60.6 Å². The van der Waals surface area contributed by atoms with Gasteiger partial charge >= 0.3 is 0 Å². The molecule has 0 radical (unpaired) electrons. The van der Waals surface area contributed by atoms with E-state index in [9.17, 15) is 9.18 Å². The zero-order valence-corrected chi connectivity index (χ0v) is 19.3. The van der Waals surface area contributed by atoms with Crippen LogP contribution in [0.3, 0.4) is 0 Å². The number of para-hydroxylation sites is 1. The van der Waals surface area contributed by atoms with Gasteiger partial charge < -0.3 is 10.1 Å². The maximum Gasteiger partial charge on any atom is 0.272 e. The third-order valence-electron chi connectivity index (χ3n) is 7.78. The number of hydrogen-bond acceptors (Lipinski definition) is 4. The highest BCUT2D eigenvalue weighted by Gasteiger charge is 2.39. The summed E-state index contributed by atoms with van der Waals surface area (Å²) in [6.07, 6.45) is 6.38. The van der Waals surface area contributed by atoms with Crippen molar-refractivity contribution in [3.8, 4) is 0 Å². The molecule has 3 fully saturated rings. The number of amides is 1. The summed E-state index contributed by atoms with van der Waals surface area (Å²) in [4.78, 5) is 15.9. The van der Waals surface area contributed by atoms with Gasteiger partial charge in [0.1, 0.15) is 5.82 Å². The fourth-order valence-corrected chi connectivity index (χ4v) is 6.10. The predicted octanol–water partition coefficient (Wildman–Crippen LogP) is 4.45. The van der Waals surface area contributed by atoms with Gasteiger partial charge in [0.25, 0.3) is 5.91 Å². The molecule has 34 heavy (non-hydrogen) atoms. The van der Waals surface area contributed by atoms with Crippen LogP contribution in [0.15, 0.2) is 48.5 Å². The van der Waals surface area contributed by atoms with Gasteiger partial charge in [0.15, 0.2) is 5.69 Å². The number of fused-ring (bicyclic) bond motifs is 3. The van der Waals surface area contributed by atoms with Crippen LogP contribution in [0.25, 0.3) is 10.9 Å². The van der Waals surface area contributed by atoms with Crippen LogP contribution in [0.5, 0.6) is 0 Å². The molecule has 1 amide bonds. The lowest BCUT2D eigenvalue weighted by atomic mass is 9.89. The first-order chi connectivity index (χ1) is 16.7. The first-order valence-corrected chi connectivity index (χ1v) is 12.5. The number of morpholine rings is 1. The van der Waals surface area contributed by atoms with Gasteiger partial charge in [-0.2, -0.15) is 5.10 Å². The van der Waals surface area contributed by atoms with Crippen molar-refractivity contribution in [3.63, 3.8) is 0 Å². The maximum atomic E-state index is 13.4. The molecule has 6 rings (SSSR count). The lowest BCUT2D eigenvalue weighted by Crippen LogP contribution is -2.60. The van der Waals surface area contributed by atoms with E-state index < -0.39 is 0 Å². The number of ether oxygens (including phenoxy) is 1. The molecular weight excluding hydrogens is 431 g/mol. The van der Waals surface area contributed by atoms with Crippen molar-refractivity contribution in [2.75, 3.05) is 13.2 Å². The number of hydrogen-bond donors (Lipinski definition) is 1. The minimum absolute atomic E-state index is 0.0797. The van der Waals surface area contributed by atoms with Crippen LogP contribution >= 0.6 is 0 Å². The van der Waals surface area contributed by atoms with Gasteiger partial charge in [-0.25, -0.2) is 4.39 Å². The van der Waals surface area contributed by atoms with Gasteiger partial charge in [0.2, 0.25) is 0 Å². The predicted molar refractivity (Wildman–Crippen MR) is 128 cm³/mol. The largest absolute Gasteiger partial charge is 0.378 e. The topological polar surface area (TPSA) is 59.4 Å². The molecule has 3 heterocycles. The number of benzene rings is 2. The Morgan fingerprint density at radius 1 is 1.00 bits per heavy atom. The van der Waals surface area contributed by atoms with Gasteiger partial charge in [-0.05, 0) is 49.4 Å². The molecule has 6 nitrogen and oxygen atoms in total. The van der Waals surface area contributed by atoms with E-state index in [2.05, 4.69) is 21.0 Å². The summed E-state index contributed by atoms with van der Waals surface area (Å²) in [7, 11) is 0. The summed E-state index contributed by atoms with van der Waals surface area (Å²) in [6, 6.07) is 15.8. The van der Waals surface area contributed by atoms with Crippen LogP contribution in [0.4, 0.5) is 4.39 Å². The van der Waals surface area contributed by atoms with E-state index in [-0.39, 0.29) is 29.8 Å². The normalized spacial score (nSPS) is 25.6. The molecule has 1 N–H and O–H groups in total. The van der Waals surface area contributed by atoms with Crippen LogP contribution < -0.4 is 5.32 Å². The smallest absolute Gasteiger partial charge is 0.272 e. The Bertz CT molecular complexity index is 1160. The molecule has 178 valence electrons. The SMILES string of the molecule is O=C(NC1CC2COCC(C1)N2Cc1ccc(F)cc1)c1nn(C2CCCC2)c2ccccc12. The number of piperidine rings is 1. The number of nitrogens with one attached hydrogen (secondary N) is 1. The first-order valence-electron chi connectivity index (χ1n) is 12.5. The van der Waals surface area contributed by atoms with Crippen LogP contribution in [-0.4, -0.2) is 51.9 Å². The molecule has 7 heteroatoms. The second kappa shape index (κ2) is 9.12. The molecular formula is C27H31FN4O2. The number of halogens is 1. The fraction of sp³-hybridized carbons (Fsp3) is 0.481. The first kappa shape index (κ1) is 21.7. The molecule has 1 aliphatic carbocycles. The Morgan fingerprint density at radius 3 is 2.44 bits per heavy atom. The van der Waals surface area contributed by atoms with Gasteiger partial charge in [-0.15, -0.1) is 0 Å². The number of carbonyl (C=O) groups is 1. The van der Waals surface area contributed by atoms with Crippen molar-refractivity contribution < 1.29 is 13.9 Å². The molecule has 2 unspecified atom stereocenters. The molecule has 1 aromatic heterocycles. The third kappa shape index (κ3) is 4.12. The second-order valence-corrected chi connectivity index (χ2v) is 10.0. The number of aromatic nitrogens is 2. The van der Waals surface area contributed by atoms with Crippen molar-refractivity contribution in [1.29, 1.82) is 0 Å². The number of carbonyl (C=O) groups excluding carboxylic acids is 1. The van der Waals surface area contributed by atoms with E-state index in [0.717, 1.165) is 48.7 Å². The minimum atomic E-state index is -0.211. The summed E-state index contributed by atoms with van der Waals surface area (Å²) >= 11 is 0. The summed E-state index contributed by atoms with van der Waals surface area (Å²) < 4.78 is 21.3. The van der Waals surface area contributed by atoms with Crippen molar-refractivity contribution in [2.45, 2.75) is 69.2 Å². The zero-order chi connectivity index (χ0) is 23.1. The Hall–Kier alpha value is -2.77. The second-order valence-electron chi connectivity index (χ2n) is 10.0. The van der Waals surface area contributed by atoms with Crippen molar-refractivity contribution in [2.24, 2.45) is 0 Å². The Balaban J connectivity index is 1.18. The van der Waals surface area contributed by atoms with Gasteiger partial charge in [0, 0.05) is 30.1 Å². The van der Waals surface area contributed by atoms with Crippen molar-refractivity contribution in [3.05, 3.63) is 65.6 Å². The molecule has 2 aliphatic heterocycles. The fourth-order valence-electron chi connectivity index (χ4n) is 6.10. The molecule has 1 saturated carbocycles. The molecule has 2 aromatic carbocycles. The average Bonchev–Trinajstić information content (AvgIpc) is 3.49. The monoisotopic (exact) mass is 462 g/mol. The Morgan fingerprint density at radius 2 is 1.71 bits per heavy atom. The maximum absolute atomic E-state index is 13.4. The Labute approximate surface area is 199 Å². The van der Waals surface area contributed by atoms with Crippen LogP contribution in [-0.2, 0) is 11.3 Å². The van der Waals surface area contributed by atoms with E-state index in [1.165, 1.54) is 25.0 Å². The molecule has 3 aliphatic rings. The van der Waals surface area contributed by atoms with E-state index in [1.807, 2.05) is 30.3 Å². The summed E-state index contributed by atoms with van der Waals surface area (Å²) in [5.41, 5.74) is 2.70. The van der Waals surface area contributed by atoms with Crippen molar-refractivity contribution >= 4 is 16.8 Å². The van der Waals surface area contributed by atoms with E-state index in [1.54, 1.807) is 0 Å². The van der Waals surface area contributed by atoms with E-state index in [0.29, 0.717) is 24.9 Å². The number of nitrogens with zero attached hydrogens (tertiary/aromatic N) is 3. The van der Waals surface area contributed by atoms with Crippen LogP contribution in [0, 0.1) is 5.82 Å². The molecule has 2 atom stereocenters. The highest BCUT2D eigenvalue weighted by molar-refractivity contribution is 6.05. The molecule has 0 spiro atoms. The lowest BCUT2D eigenvalue weighted by molar-refractivity contribution is -0.0843. The van der Waals surface area contributed by atoms with E-state index >= 15 is 0 Å². The van der Waals surface area contributed by atoms with Gasteiger partial charge in [0.05, 0.1) is 24.8 Å². The van der Waals surface area contributed by atoms with Crippen molar-refractivity contribution in [1.82, 2.24) is 20.0 Å². The zero-order valence-electron chi connectivity index (χ0n) is 19.3. The third-order valence-corrected chi connectivity index (χ3v) is 7.78. The summed E-state index contributed by atoms with van der Waals surface area (Å²) in [6.45, 7) is 2.09. The lowest BCUT2D eigenvalue weighted by Gasteiger charge is -2.48. The number of rotatable bonds is 5. The quantitative estimate of drug-likeness (QED) is 0.609. The van der Waals surface area contributed by atoms with E-state index in [4.69, 9.17) is 9.84 Å². The summed E-state index contributed by atoms with van der Waals surface area (Å²) in [5.74, 6) is -0.291.